The summed E-state index contributed by atoms with van der Waals surface area (Å²) in [6.07, 6.45) is 1.78. The third-order valence-corrected chi connectivity index (χ3v) is 5.81. The first-order valence-corrected chi connectivity index (χ1v) is 10.2. The van der Waals surface area contributed by atoms with E-state index in [1.807, 2.05) is 49.4 Å². The van der Waals surface area contributed by atoms with Crippen molar-refractivity contribution in [2.24, 2.45) is 0 Å². The molecule has 0 bridgehead atoms. The fourth-order valence-corrected chi connectivity index (χ4v) is 4.01. The van der Waals surface area contributed by atoms with Gasteiger partial charge in [-0.3, -0.25) is 9.12 Å². The minimum atomic E-state index is -3.77. The van der Waals surface area contributed by atoms with Crippen molar-refractivity contribution in [3.63, 3.8) is 0 Å². The van der Waals surface area contributed by atoms with Crippen molar-refractivity contribution in [3.8, 4) is 17.0 Å². The van der Waals surface area contributed by atoms with E-state index in [0.717, 1.165) is 11.1 Å². The van der Waals surface area contributed by atoms with Gasteiger partial charge in [0, 0.05) is 11.8 Å². The highest BCUT2D eigenvalue weighted by atomic mass is 32.2. The summed E-state index contributed by atoms with van der Waals surface area (Å²) in [6, 6.07) is 19.6. The van der Waals surface area contributed by atoms with Gasteiger partial charge in [0.1, 0.15) is 17.1 Å². The van der Waals surface area contributed by atoms with Crippen LogP contribution in [0.5, 0.6) is 5.75 Å². The summed E-state index contributed by atoms with van der Waals surface area (Å²) in [5.41, 5.74) is 2.97. The number of pyridine rings is 1. The molecule has 0 atom stereocenters. The van der Waals surface area contributed by atoms with Crippen molar-refractivity contribution in [2.45, 2.75) is 11.8 Å². The molecule has 0 aliphatic rings. The molecule has 0 amide bonds. The molecule has 0 unspecified atom stereocenters. The highest BCUT2D eigenvalue weighted by molar-refractivity contribution is 7.92. The first-order chi connectivity index (χ1) is 13.5. The smallest absolute Gasteiger partial charge is 0.263 e. The average molecular weight is 393 g/mol. The number of ether oxygens (including phenoxy) is 1. The molecular weight excluding hydrogens is 374 g/mol. The van der Waals surface area contributed by atoms with E-state index < -0.39 is 10.0 Å². The van der Waals surface area contributed by atoms with Crippen molar-refractivity contribution >= 4 is 21.5 Å². The van der Waals surface area contributed by atoms with E-state index in [1.54, 1.807) is 42.0 Å². The van der Waals surface area contributed by atoms with Crippen LogP contribution < -0.4 is 9.46 Å². The van der Waals surface area contributed by atoms with Gasteiger partial charge in [0.25, 0.3) is 10.0 Å². The lowest BCUT2D eigenvalue weighted by atomic mass is 10.1. The predicted octanol–water partition coefficient (Wildman–Crippen LogP) is 4.12. The molecule has 4 rings (SSSR count). The standard InChI is InChI=1S/C21H19N3O3S/c1-15-6-12-18(13-7-15)28(25,26)23-21-20(16-8-10-17(27-2)11-9-16)22-19-5-3-4-14-24(19)21/h3-14,23H,1-2H3. The minimum absolute atomic E-state index is 0.199. The maximum Gasteiger partial charge on any atom is 0.263 e. The number of rotatable bonds is 5. The third-order valence-electron chi connectivity index (χ3n) is 4.46. The van der Waals surface area contributed by atoms with E-state index in [-0.39, 0.29) is 4.90 Å². The van der Waals surface area contributed by atoms with Crippen molar-refractivity contribution in [3.05, 3.63) is 78.5 Å². The van der Waals surface area contributed by atoms with Gasteiger partial charge in [-0.15, -0.1) is 0 Å². The summed E-state index contributed by atoms with van der Waals surface area (Å²) in [5.74, 6) is 1.11. The molecule has 6 nitrogen and oxygen atoms in total. The normalized spacial score (nSPS) is 11.5. The zero-order valence-electron chi connectivity index (χ0n) is 15.5. The van der Waals surface area contributed by atoms with Crippen molar-refractivity contribution < 1.29 is 13.2 Å². The topological polar surface area (TPSA) is 72.7 Å². The van der Waals surface area contributed by atoms with Crippen LogP contribution in [0.3, 0.4) is 0 Å². The van der Waals surface area contributed by atoms with Crippen LogP contribution in [-0.2, 0) is 10.0 Å². The van der Waals surface area contributed by atoms with Gasteiger partial charge < -0.3 is 4.74 Å². The number of sulfonamides is 1. The number of imidazole rings is 1. The molecule has 1 N–H and O–H groups in total. The lowest BCUT2D eigenvalue weighted by Crippen LogP contribution is -2.15. The number of nitrogens with one attached hydrogen (secondary N) is 1. The summed E-state index contributed by atoms with van der Waals surface area (Å²) in [4.78, 5) is 4.82. The Hall–Kier alpha value is -3.32. The van der Waals surface area contributed by atoms with Gasteiger partial charge in [0.15, 0.2) is 5.82 Å². The summed E-state index contributed by atoms with van der Waals surface area (Å²) in [7, 11) is -2.17. The molecule has 0 radical (unpaired) electrons. The molecule has 2 aromatic carbocycles. The molecule has 0 saturated heterocycles. The van der Waals surface area contributed by atoms with Gasteiger partial charge in [-0.05, 0) is 55.5 Å². The molecule has 4 aromatic rings. The molecule has 142 valence electrons. The number of aromatic nitrogens is 2. The maximum atomic E-state index is 13.0. The van der Waals surface area contributed by atoms with Gasteiger partial charge in [-0.1, -0.05) is 23.8 Å². The van der Waals surface area contributed by atoms with Gasteiger partial charge in [0.05, 0.1) is 12.0 Å². The third kappa shape index (κ3) is 3.32. The lowest BCUT2D eigenvalue weighted by Gasteiger charge is -2.10. The van der Waals surface area contributed by atoms with Crippen LogP contribution in [0.25, 0.3) is 16.9 Å². The lowest BCUT2D eigenvalue weighted by molar-refractivity contribution is 0.415. The fourth-order valence-electron chi connectivity index (χ4n) is 2.95. The second kappa shape index (κ2) is 7.01. The number of hydrogen-bond acceptors (Lipinski definition) is 4. The Labute approximate surface area is 163 Å². The van der Waals surface area contributed by atoms with Crippen LogP contribution >= 0.6 is 0 Å². The number of anilines is 1. The van der Waals surface area contributed by atoms with E-state index in [4.69, 9.17) is 4.74 Å². The Morgan fingerprint density at radius 2 is 1.68 bits per heavy atom. The fraction of sp³-hybridized carbons (Fsp3) is 0.0952. The van der Waals surface area contributed by atoms with E-state index in [2.05, 4.69) is 9.71 Å². The molecule has 2 aromatic heterocycles. The Kier molecular flexibility index (Phi) is 4.52. The first-order valence-electron chi connectivity index (χ1n) is 8.69. The van der Waals surface area contributed by atoms with Gasteiger partial charge in [0.2, 0.25) is 0 Å². The average Bonchev–Trinajstić information content (AvgIpc) is 3.06. The molecule has 0 aliphatic carbocycles. The second-order valence-corrected chi connectivity index (χ2v) is 8.07. The van der Waals surface area contributed by atoms with Crippen LogP contribution in [-0.4, -0.2) is 24.9 Å². The molecule has 0 saturated carbocycles. The summed E-state index contributed by atoms with van der Waals surface area (Å²) >= 11 is 0. The number of methoxy groups -OCH3 is 1. The van der Waals surface area contributed by atoms with E-state index >= 15 is 0 Å². The van der Waals surface area contributed by atoms with E-state index in [9.17, 15) is 8.42 Å². The molecule has 28 heavy (non-hydrogen) atoms. The number of hydrogen-bond donors (Lipinski definition) is 1. The Morgan fingerprint density at radius 1 is 0.964 bits per heavy atom. The largest absolute Gasteiger partial charge is 0.497 e. The molecule has 2 heterocycles. The number of fused-ring (bicyclic) bond motifs is 1. The molecular formula is C21H19N3O3S. The Bertz CT molecular complexity index is 1230. The Balaban J connectivity index is 1.84. The second-order valence-electron chi connectivity index (χ2n) is 6.38. The van der Waals surface area contributed by atoms with Crippen molar-refractivity contribution in [2.75, 3.05) is 11.8 Å². The molecule has 7 heteroatoms. The van der Waals surface area contributed by atoms with Crippen LogP contribution in [0.2, 0.25) is 0 Å². The van der Waals surface area contributed by atoms with Crippen molar-refractivity contribution in [1.29, 1.82) is 0 Å². The van der Waals surface area contributed by atoms with Gasteiger partial charge >= 0.3 is 0 Å². The summed E-state index contributed by atoms with van der Waals surface area (Å²) in [6.45, 7) is 1.91. The minimum Gasteiger partial charge on any atom is -0.497 e. The Morgan fingerprint density at radius 3 is 2.36 bits per heavy atom. The maximum absolute atomic E-state index is 13.0. The van der Waals surface area contributed by atoms with Crippen LogP contribution in [0, 0.1) is 6.92 Å². The molecule has 0 spiro atoms. The molecule has 0 aliphatic heterocycles. The van der Waals surface area contributed by atoms with Crippen molar-refractivity contribution in [1.82, 2.24) is 9.38 Å². The summed E-state index contributed by atoms with van der Waals surface area (Å²) < 4.78 is 35.6. The quantitative estimate of drug-likeness (QED) is 0.554. The molecule has 0 fully saturated rings. The first kappa shape index (κ1) is 18.1. The highest BCUT2D eigenvalue weighted by Gasteiger charge is 2.21. The highest BCUT2D eigenvalue weighted by Crippen LogP contribution is 2.31. The van der Waals surface area contributed by atoms with Crippen LogP contribution in [0.1, 0.15) is 5.56 Å². The summed E-state index contributed by atoms with van der Waals surface area (Å²) in [5, 5.41) is 0. The monoisotopic (exact) mass is 393 g/mol. The van der Waals surface area contributed by atoms with E-state index in [1.165, 1.54) is 0 Å². The van der Waals surface area contributed by atoms with Gasteiger partial charge in [-0.25, -0.2) is 13.4 Å². The predicted molar refractivity (Wildman–Crippen MR) is 109 cm³/mol. The SMILES string of the molecule is COc1ccc(-c2nc3ccccn3c2NS(=O)(=O)c2ccc(C)cc2)cc1. The number of aryl methyl sites for hydroxylation is 1. The van der Waals surface area contributed by atoms with E-state index in [0.29, 0.717) is 22.9 Å². The zero-order chi connectivity index (χ0) is 19.7. The number of benzene rings is 2. The number of nitrogens with zero attached hydrogens (tertiary/aromatic N) is 2. The van der Waals surface area contributed by atoms with Gasteiger partial charge in [-0.2, -0.15) is 0 Å². The van der Waals surface area contributed by atoms with Crippen LogP contribution in [0.15, 0.2) is 77.8 Å². The zero-order valence-corrected chi connectivity index (χ0v) is 16.3. The van der Waals surface area contributed by atoms with Crippen LogP contribution in [0.4, 0.5) is 5.82 Å².